The van der Waals surface area contributed by atoms with E-state index in [0.717, 1.165) is 0 Å². The van der Waals surface area contributed by atoms with Gasteiger partial charge in [0.05, 0.1) is 19.2 Å². The lowest BCUT2D eigenvalue weighted by Gasteiger charge is -2.13. The van der Waals surface area contributed by atoms with Crippen LogP contribution in [0.5, 0.6) is 5.75 Å². The van der Waals surface area contributed by atoms with Crippen molar-refractivity contribution in [2.45, 2.75) is 16.8 Å². The molecule has 0 bridgehead atoms. The summed E-state index contributed by atoms with van der Waals surface area (Å²) in [5, 5.41) is 2.93. The van der Waals surface area contributed by atoms with E-state index in [4.69, 9.17) is 16.3 Å². The lowest BCUT2D eigenvalue weighted by Crippen LogP contribution is -2.16. The first-order valence-electron chi connectivity index (χ1n) is 6.75. The summed E-state index contributed by atoms with van der Waals surface area (Å²) in [5.41, 5.74) is -3.79. The van der Waals surface area contributed by atoms with Gasteiger partial charge in [-0.25, -0.2) is 0 Å². The first-order chi connectivity index (χ1) is 11.3. The fourth-order valence-electron chi connectivity index (χ4n) is 2.04. The Kier molecular flexibility index (Phi) is 6.01. The maximum absolute atomic E-state index is 12.6. The van der Waals surface area contributed by atoms with Gasteiger partial charge in [-0.15, -0.1) is 0 Å². The van der Waals surface area contributed by atoms with Crippen LogP contribution in [-0.2, 0) is 11.2 Å². The molecular weight excluding hydrogens is 363 g/mol. The maximum Gasteiger partial charge on any atom is 0.446 e. The summed E-state index contributed by atoms with van der Waals surface area (Å²) in [6, 6.07) is 10.6. The fraction of sp³-hybridized carbons (Fsp3) is 0.188. The number of carbonyl (C=O) groups excluding carboxylic acids is 1. The Bertz CT molecular complexity index is 738. The number of ether oxygens (including phenoxy) is 1. The van der Waals surface area contributed by atoms with Gasteiger partial charge in [0.15, 0.2) is 0 Å². The predicted octanol–water partition coefficient (Wildman–Crippen LogP) is 5.14. The number of anilines is 1. The monoisotopic (exact) mass is 375 g/mol. The summed E-state index contributed by atoms with van der Waals surface area (Å²) in [6.07, 6.45) is -0.0747. The van der Waals surface area contributed by atoms with Crippen LogP contribution < -0.4 is 10.1 Å². The molecule has 0 unspecified atom stereocenters. The second-order valence-corrected chi connectivity index (χ2v) is 6.27. The third-order valence-corrected chi connectivity index (χ3v) is 4.02. The topological polar surface area (TPSA) is 38.3 Å². The van der Waals surface area contributed by atoms with Gasteiger partial charge < -0.3 is 10.1 Å². The summed E-state index contributed by atoms with van der Waals surface area (Å²) in [7, 11) is 1.46. The Hall–Kier alpha value is -1.86. The molecule has 1 N–H and O–H groups in total. The second-order valence-electron chi connectivity index (χ2n) is 4.73. The highest BCUT2D eigenvalue weighted by atomic mass is 35.5. The Morgan fingerprint density at radius 1 is 1.25 bits per heavy atom. The number of thioether (sulfide) groups is 1. The Morgan fingerprint density at radius 3 is 2.62 bits per heavy atom. The molecule has 0 spiro atoms. The Labute approximate surface area is 146 Å². The number of carbonyl (C=O) groups is 1. The fourth-order valence-corrected chi connectivity index (χ4v) is 2.86. The minimum absolute atomic E-state index is 0.0728. The number of hydrogen-bond acceptors (Lipinski definition) is 3. The van der Waals surface area contributed by atoms with E-state index in [-0.39, 0.29) is 28.8 Å². The molecule has 2 rings (SSSR count). The second kappa shape index (κ2) is 7.81. The molecule has 1 amide bonds. The molecule has 24 heavy (non-hydrogen) atoms. The van der Waals surface area contributed by atoms with Crippen molar-refractivity contribution in [3.05, 3.63) is 53.1 Å². The summed E-state index contributed by atoms with van der Waals surface area (Å²) >= 11 is 5.62. The number of benzene rings is 2. The number of hydrogen-bond donors (Lipinski definition) is 1. The summed E-state index contributed by atoms with van der Waals surface area (Å²) in [6.45, 7) is 0. The van der Waals surface area contributed by atoms with E-state index >= 15 is 0 Å². The largest absolute Gasteiger partial charge is 0.496 e. The highest BCUT2D eigenvalue weighted by Gasteiger charge is 2.30. The number of rotatable bonds is 5. The van der Waals surface area contributed by atoms with Gasteiger partial charge in [0.1, 0.15) is 5.75 Å². The van der Waals surface area contributed by atoms with E-state index in [9.17, 15) is 18.0 Å². The van der Waals surface area contributed by atoms with Crippen LogP contribution in [0.2, 0.25) is 5.02 Å². The van der Waals surface area contributed by atoms with E-state index < -0.39 is 11.4 Å². The number of halogens is 4. The van der Waals surface area contributed by atoms with Gasteiger partial charge in [0.25, 0.3) is 0 Å². The molecule has 0 aliphatic carbocycles. The quantitative estimate of drug-likeness (QED) is 0.735. The molecule has 0 saturated heterocycles. The van der Waals surface area contributed by atoms with Gasteiger partial charge >= 0.3 is 5.51 Å². The minimum Gasteiger partial charge on any atom is -0.496 e. The first kappa shape index (κ1) is 18.5. The Morgan fingerprint density at radius 2 is 1.96 bits per heavy atom. The van der Waals surface area contributed by atoms with Crippen LogP contribution in [0.25, 0.3) is 0 Å². The number of methoxy groups -OCH3 is 1. The van der Waals surface area contributed by atoms with Crippen molar-refractivity contribution in [3.63, 3.8) is 0 Å². The average molecular weight is 376 g/mol. The molecular formula is C16H13ClF3NO2S. The molecule has 0 radical (unpaired) electrons. The third kappa shape index (κ3) is 5.35. The van der Waals surface area contributed by atoms with E-state index in [1.807, 2.05) is 0 Å². The van der Waals surface area contributed by atoms with Crippen molar-refractivity contribution in [1.29, 1.82) is 0 Å². The molecule has 0 heterocycles. The lowest BCUT2D eigenvalue weighted by atomic mass is 10.1. The van der Waals surface area contributed by atoms with Crippen molar-refractivity contribution < 1.29 is 22.7 Å². The smallest absolute Gasteiger partial charge is 0.446 e. The molecule has 8 heteroatoms. The van der Waals surface area contributed by atoms with Crippen LogP contribution in [0.4, 0.5) is 18.9 Å². The van der Waals surface area contributed by atoms with Crippen molar-refractivity contribution >= 4 is 35.0 Å². The van der Waals surface area contributed by atoms with Gasteiger partial charge in [0, 0.05) is 15.5 Å². The summed E-state index contributed by atoms with van der Waals surface area (Å²) in [4.78, 5) is 12.1. The van der Waals surface area contributed by atoms with Crippen LogP contribution in [0, 0.1) is 0 Å². The van der Waals surface area contributed by atoms with Crippen molar-refractivity contribution in [1.82, 2.24) is 0 Å². The molecule has 2 aromatic carbocycles. The van der Waals surface area contributed by atoms with E-state index in [1.165, 1.54) is 25.3 Å². The van der Waals surface area contributed by atoms with E-state index in [2.05, 4.69) is 5.32 Å². The molecule has 3 nitrogen and oxygen atoms in total. The Balaban J connectivity index is 2.15. The third-order valence-electron chi connectivity index (χ3n) is 2.98. The molecule has 128 valence electrons. The summed E-state index contributed by atoms with van der Waals surface area (Å²) in [5.74, 6) is 0.0123. The minimum atomic E-state index is -4.43. The summed E-state index contributed by atoms with van der Waals surface area (Å²) < 4.78 is 42.9. The van der Waals surface area contributed by atoms with E-state index in [0.29, 0.717) is 16.3 Å². The maximum atomic E-state index is 12.6. The normalized spacial score (nSPS) is 11.2. The predicted molar refractivity (Wildman–Crippen MR) is 88.7 cm³/mol. The van der Waals surface area contributed by atoms with Crippen LogP contribution in [0.3, 0.4) is 0 Å². The van der Waals surface area contributed by atoms with Gasteiger partial charge in [-0.1, -0.05) is 23.7 Å². The molecule has 2 aromatic rings. The van der Waals surface area contributed by atoms with Crippen LogP contribution in [0.1, 0.15) is 5.56 Å². The van der Waals surface area contributed by atoms with Crippen LogP contribution in [-0.4, -0.2) is 18.5 Å². The van der Waals surface area contributed by atoms with E-state index in [1.54, 1.807) is 24.3 Å². The number of amides is 1. The zero-order valence-corrected chi connectivity index (χ0v) is 14.1. The highest BCUT2D eigenvalue weighted by molar-refractivity contribution is 8.00. The molecule has 0 aliphatic rings. The van der Waals surface area contributed by atoms with Crippen LogP contribution >= 0.6 is 23.4 Å². The average Bonchev–Trinajstić information content (AvgIpc) is 2.48. The van der Waals surface area contributed by atoms with Gasteiger partial charge in [-0.3, -0.25) is 4.79 Å². The molecule has 0 saturated carbocycles. The van der Waals surface area contributed by atoms with Gasteiger partial charge in [0.2, 0.25) is 5.91 Å². The molecule has 0 aliphatic heterocycles. The number of alkyl halides is 3. The lowest BCUT2D eigenvalue weighted by molar-refractivity contribution is -0.115. The van der Waals surface area contributed by atoms with Crippen molar-refractivity contribution in [2.24, 2.45) is 0 Å². The molecule has 0 fully saturated rings. The zero-order chi connectivity index (χ0) is 17.7. The van der Waals surface area contributed by atoms with Gasteiger partial charge in [-0.2, -0.15) is 13.2 Å². The standard InChI is InChI=1S/C16H13ClF3NO2S/c1-23-13-7-6-11(17)8-10(13)9-15(22)21-12-4-2-3-5-14(12)24-16(18,19)20/h2-8H,9H2,1H3,(H,21,22). The van der Waals surface area contributed by atoms with Crippen molar-refractivity contribution in [2.75, 3.05) is 12.4 Å². The zero-order valence-electron chi connectivity index (χ0n) is 12.5. The highest BCUT2D eigenvalue weighted by Crippen LogP contribution is 2.40. The molecule has 0 aromatic heterocycles. The molecule has 0 atom stereocenters. The SMILES string of the molecule is COc1ccc(Cl)cc1CC(=O)Nc1ccccc1SC(F)(F)F. The first-order valence-corrected chi connectivity index (χ1v) is 7.95. The van der Waals surface area contributed by atoms with Crippen LogP contribution in [0.15, 0.2) is 47.4 Å². The number of nitrogens with one attached hydrogen (secondary N) is 1. The number of para-hydroxylation sites is 1. The van der Waals surface area contributed by atoms with Gasteiger partial charge in [-0.05, 0) is 42.1 Å². The van der Waals surface area contributed by atoms with Crippen molar-refractivity contribution in [3.8, 4) is 5.75 Å².